The lowest BCUT2D eigenvalue weighted by atomic mass is 10.2. The van der Waals surface area contributed by atoms with E-state index in [9.17, 15) is 0 Å². The van der Waals surface area contributed by atoms with Crippen LogP contribution in [-0.2, 0) is 0 Å². The van der Waals surface area contributed by atoms with Crippen LogP contribution in [0.4, 0.5) is 0 Å². The third kappa shape index (κ3) is 4.50. The molecule has 0 saturated heterocycles. The lowest BCUT2D eigenvalue weighted by Crippen LogP contribution is -2.05. The predicted octanol–water partition coefficient (Wildman–Crippen LogP) is 2.57. The molecule has 0 aromatic rings. The van der Waals surface area contributed by atoms with Gasteiger partial charge in [-0.25, -0.2) is 0 Å². The Balaban J connectivity index is 4.35. The molecular formula is C10H16N2. The van der Waals surface area contributed by atoms with Crippen molar-refractivity contribution in [2.75, 3.05) is 7.05 Å². The van der Waals surface area contributed by atoms with Gasteiger partial charge in [-0.05, 0) is 13.0 Å². The summed E-state index contributed by atoms with van der Waals surface area (Å²) in [5, 5.41) is 5.93. The Kier molecular flexibility index (Phi) is 5.70. The minimum atomic E-state index is 0.780. The molecule has 0 unspecified atom stereocenters. The van der Waals surface area contributed by atoms with Crippen LogP contribution in [-0.4, -0.2) is 17.8 Å². The molecular weight excluding hydrogens is 148 g/mol. The second-order valence-electron chi connectivity index (χ2n) is 2.34. The average Bonchev–Trinajstić information content (AvgIpc) is 2.05. The van der Waals surface area contributed by atoms with Gasteiger partial charge in [0.25, 0.3) is 0 Å². The van der Waals surface area contributed by atoms with Gasteiger partial charge in [0.05, 0.1) is 5.71 Å². The molecule has 0 aliphatic carbocycles. The van der Waals surface area contributed by atoms with Crippen molar-refractivity contribution in [3.05, 3.63) is 37.6 Å². The van der Waals surface area contributed by atoms with Crippen LogP contribution in [0, 0.1) is 0 Å². The minimum absolute atomic E-state index is 0.780. The summed E-state index contributed by atoms with van der Waals surface area (Å²) in [6.07, 6.45) is 8.19. The predicted molar refractivity (Wildman–Crippen MR) is 55.0 cm³/mol. The summed E-state index contributed by atoms with van der Waals surface area (Å²) >= 11 is 0. The average molecular weight is 164 g/mol. The molecule has 0 heterocycles. The summed E-state index contributed by atoms with van der Waals surface area (Å²) in [5.74, 6) is 0. The minimum Gasteiger partial charge on any atom is -0.276 e. The first kappa shape index (κ1) is 10.7. The third-order valence-electron chi connectivity index (χ3n) is 1.26. The maximum atomic E-state index is 4.25. The van der Waals surface area contributed by atoms with Crippen molar-refractivity contribution in [1.82, 2.24) is 5.01 Å². The molecule has 0 aromatic heterocycles. The largest absolute Gasteiger partial charge is 0.276 e. The monoisotopic (exact) mass is 164 g/mol. The molecule has 0 saturated carbocycles. The molecule has 2 nitrogen and oxygen atoms in total. The van der Waals surface area contributed by atoms with Crippen molar-refractivity contribution in [3.8, 4) is 0 Å². The van der Waals surface area contributed by atoms with Crippen LogP contribution in [0.1, 0.15) is 13.3 Å². The molecule has 0 aliphatic heterocycles. The Bertz CT molecular complexity index is 202. The van der Waals surface area contributed by atoms with Crippen molar-refractivity contribution in [2.45, 2.75) is 13.3 Å². The number of rotatable bonds is 5. The fourth-order valence-corrected chi connectivity index (χ4v) is 0.726. The molecule has 0 aliphatic rings. The first-order valence-corrected chi connectivity index (χ1v) is 3.91. The van der Waals surface area contributed by atoms with Crippen LogP contribution in [0.2, 0.25) is 0 Å². The fraction of sp³-hybridized carbons (Fsp3) is 0.300. The van der Waals surface area contributed by atoms with E-state index >= 15 is 0 Å². The summed E-state index contributed by atoms with van der Waals surface area (Å²) in [4.78, 5) is 0. The van der Waals surface area contributed by atoms with Gasteiger partial charge in [0.15, 0.2) is 0 Å². The summed E-state index contributed by atoms with van der Waals surface area (Å²) in [5.41, 5.74) is 0.981. The SMILES string of the molecule is C=CCC(/C=C\C)=N\N(C)C=C. The van der Waals surface area contributed by atoms with Gasteiger partial charge in [0.2, 0.25) is 0 Å². The quantitative estimate of drug-likeness (QED) is 0.346. The Labute approximate surface area is 74.6 Å². The highest BCUT2D eigenvalue weighted by Gasteiger charge is 1.91. The van der Waals surface area contributed by atoms with Crippen molar-refractivity contribution in [1.29, 1.82) is 0 Å². The van der Waals surface area contributed by atoms with E-state index in [1.807, 2.05) is 32.2 Å². The topological polar surface area (TPSA) is 15.6 Å². The van der Waals surface area contributed by atoms with Gasteiger partial charge < -0.3 is 0 Å². The second-order valence-corrected chi connectivity index (χ2v) is 2.34. The Morgan fingerprint density at radius 2 is 2.17 bits per heavy atom. The van der Waals surface area contributed by atoms with Gasteiger partial charge >= 0.3 is 0 Å². The van der Waals surface area contributed by atoms with Gasteiger partial charge in [-0.1, -0.05) is 18.7 Å². The Morgan fingerprint density at radius 1 is 1.50 bits per heavy atom. The number of hydrazone groups is 1. The fourth-order valence-electron chi connectivity index (χ4n) is 0.726. The molecule has 0 radical (unpaired) electrons. The zero-order chi connectivity index (χ0) is 9.40. The van der Waals surface area contributed by atoms with Crippen molar-refractivity contribution >= 4 is 5.71 Å². The van der Waals surface area contributed by atoms with E-state index in [4.69, 9.17) is 0 Å². The van der Waals surface area contributed by atoms with E-state index in [2.05, 4.69) is 18.3 Å². The molecule has 0 aromatic carbocycles. The van der Waals surface area contributed by atoms with Gasteiger partial charge in [0.1, 0.15) is 0 Å². The van der Waals surface area contributed by atoms with Crippen LogP contribution in [0.25, 0.3) is 0 Å². The van der Waals surface area contributed by atoms with Gasteiger partial charge in [-0.15, -0.1) is 6.58 Å². The third-order valence-corrected chi connectivity index (χ3v) is 1.26. The number of hydrogen-bond donors (Lipinski definition) is 0. The van der Waals surface area contributed by atoms with Crippen LogP contribution < -0.4 is 0 Å². The van der Waals surface area contributed by atoms with E-state index in [1.54, 1.807) is 11.2 Å². The molecule has 0 fully saturated rings. The number of hydrogen-bond acceptors (Lipinski definition) is 2. The summed E-state index contributed by atoms with van der Waals surface area (Å²) in [7, 11) is 1.85. The summed E-state index contributed by atoms with van der Waals surface area (Å²) in [6, 6.07) is 0. The van der Waals surface area contributed by atoms with Crippen LogP contribution >= 0.6 is 0 Å². The molecule has 0 amide bonds. The first-order valence-electron chi connectivity index (χ1n) is 3.91. The standard InChI is InChI=1S/C10H16N2/c1-5-8-10(9-6-2)11-12(4)7-3/h5-7,9H,1,3,8H2,2,4H3/b9-6-,11-10+. The number of allylic oxidation sites excluding steroid dienone is 3. The van der Waals surface area contributed by atoms with E-state index in [-0.39, 0.29) is 0 Å². The highest BCUT2D eigenvalue weighted by atomic mass is 15.4. The zero-order valence-corrected chi connectivity index (χ0v) is 7.83. The Hall–Kier alpha value is -1.31. The van der Waals surface area contributed by atoms with E-state index < -0.39 is 0 Å². The molecule has 0 bridgehead atoms. The van der Waals surface area contributed by atoms with Crippen molar-refractivity contribution in [2.24, 2.45) is 5.10 Å². The van der Waals surface area contributed by atoms with Crippen molar-refractivity contribution < 1.29 is 0 Å². The highest BCUT2D eigenvalue weighted by molar-refractivity contribution is 5.95. The lowest BCUT2D eigenvalue weighted by Gasteiger charge is -2.06. The molecule has 2 heteroatoms. The molecule has 12 heavy (non-hydrogen) atoms. The second kappa shape index (κ2) is 6.40. The summed E-state index contributed by atoms with van der Waals surface area (Å²) < 4.78 is 0. The molecule has 66 valence electrons. The van der Waals surface area contributed by atoms with Crippen LogP contribution in [0.5, 0.6) is 0 Å². The molecule has 0 rings (SSSR count). The van der Waals surface area contributed by atoms with E-state index in [0.717, 1.165) is 12.1 Å². The van der Waals surface area contributed by atoms with Crippen LogP contribution in [0.15, 0.2) is 42.7 Å². The van der Waals surface area contributed by atoms with Gasteiger partial charge in [-0.3, -0.25) is 5.01 Å². The van der Waals surface area contributed by atoms with Crippen LogP contribution in [0.3, 0.4) is 0 Å². The highest BCUT2D eigenvalue weighted by Crippen LogP contribution is 1.94. The van der Waals surface area contributed by atoms with Crippen molar-refractivity contribution in [3.63, 3.8) is 0 Å². The maximum Gasteiger partial charge on any atom is 0.0643 e. The number of nitrogens with zero attached hydrogens (tertiary/aromatic N) is 2. The first-order chi connectivity index (χ1) is 5.74. The normalized spacial score (nSPS) is 11.7. The summed E-state index contributed by atoms with van der Waals surface area (Å²) in [6.45, 7) is 9.22. The molecule has 0 N–H and O–H groups in total. The van der Waals surface area contributed by atoms with Gasteiger partial charge in [0, 0.05) is 19.7 Å². The van der Waals surface area contributed by atoms with Gasteiger partial charge in [-0.2, -0.15) is 5.10 Å². The van der Waals surface area contributed by atoms with E-state index in [1.165, 1.54) is 0 Å². The molecule has 0 spiro atoms. The van der Waals surface area contributed by atoms with E-state index in [0.29, 0.717) is 0 Å². The zero-order valence-electron chi connectivity index (χ0n) is 7.83. The maximum absolute atomic E-state index is 4.25. The smallest absolute Gasteiger partial charge is 0.0643 e. The molecule has 0 atom stereocenters. The Morgan fingerprint density at radius 3 is 2.58 bits per heavy atom. The lowest BCUT2D eigenvalue weighted by molar-refractivity contribution is 0.491.